The zero-order valence-corrected chi connectivity index (χ0v) is 18.5. The molecule has 0 unspecified atom stereocenters. The first kappa shape index (κ1) is 20.5. The van der Waals surface area contributed by atoms with Crippen LogP contribution < -0.4 is 5.32 Å². The molecule has 6 heteroatoms. The van der Waals surface area contributed by atoms with Gasteiger partial charge < -0.3 is 5.32 Å². The van der Waals surface area contributed by atoms with E-state index in [0.717, 1.165) is 48.9 Å². The minimum absolute atomic E-state index is 0.450. The van der Waals surface area contributed by atoms with Gasteiger partial charge in [-0.25, -0.2) is 4.98 Å². The molecule has 0 amide bonds. The second kappa shape index (κ2) is 8.96. The summed E-state index contributed by atoms with van der Waals surface area (Å²) in [6.45, 7) is 12.5. The largest absolute Gasteiger partial charge is 0.340 e. The van der Waals surface area contributed by atoms with Gasteiger partial charge in [-0.05, 0) is 70.8 Å². The highest BCUT2D eigenvalue weighted by molar-refractivity contribution is 5.59. The Morgan fingerprint density at radius 1 is 1.20 bits per heavy atom. The first-order chi connectivity index (χ1) is 14.5. The summed E-state index contributed by atoms with van der Waals surface area (Å²) in [7, 11) is 0. The number of anilines is 2. The van der Waals surface area contributed by atoms with Crippen molar-refractivity contribution < 1.29 is 0 Å². The topological polar surface area (TPSA) is 58.9 Å². The molecule has 30 heavy (non-hydrogen) atoms. The van der Waals surface area contributed by atoms with E-state index in [9.17, 15) is 0 Å². The first-order valence-electron chi connectivity index (χ1n) is 10.9. The van der Waals surface area contributed by atoms with Crippen molar-refractivity contribution in [2.45, 2.75) is 59.5 Å². The third-order valence-corrected chi connectivity index (χ3v) is 6.07. The van der Waals surface area contributed by atoms with Gasteiger partial charge in [-0.2, -0.15) is 5.10 Å². The van der Waals surface area contributed by atoms with Gasteiger partial charge in [0.05, 0.1) is 6.20 Å². The van der Waals surface area contributed by atoms with E-state index in [4.69, 9.17) is 4.98 Å². The lowest BCUT2D eigenvalue weighted by molar-refractivity contribution is 0.198. The Morgan fingerprint density at radius 3 is 2.83 bits per heavy atom. The Morgan fingerprint density at radius 2 is 2.07 bits per heavy atom. The average molecular weight is 405 g/mol. The van der Waals surface area contributed by atoms with Crippen LogP contribution in [0, 0.1) is 20.8 Å². The van der Waals surface area contributed by atoms with Crippen molar-refractivity contribution in [1.29, 1.82) is 0 Å². The molecule has 0 radical (unpaired) electrons. The molecular weight excluding hydrogens is 372 g/mol. The summed E-state index contributed by atoms with van der Waals surface area (Å²) < 4.78 is 2.08. The van der Waals surface area contributed by atoms with E-state index in [-0.39, 0.29) is 0 Å². The van der Waals surface area contributed by atoms with Gasteiger partial charge in [-0.1, -0.05) is 6.07 Å². The van der Waals surface area contributed by atoms with Crippen molar-refractivity contribution in [1.82, 2.24) is 24.6 Å². The number of piperidine rings is 1. The molecule has 0 saturated carbocycles. The predicted octanol–water partition coefficient (Wildman–Crippen LogP) is 4.74. The fourth-order valence-corrected chi connectivity index (χ4v) is 4.37. The lowest BCUT2D eigenvalue weighted by atomic mass is 9.93. The highest BCUT2D eigenvalue weighted by Gasteiger charge is 2.24. The smallest absolute Gasteiger partial charge is 0.133 e. The van der Waals surface area contributed by atoms with Crippen molar-refractivity contribution in [3.05, 3.63) is 64.9 Å². The molecule has 1 aliphatic heterocycles. The minimum atomic E-state index is 0.450. The van der Waals surface area contributed by atoms with Gasteiger partial charge in [0.25, 0.3) is 0 Å². The number of nitrogens with one attached hydrogen (secondary N) is 1. The monoisotopic (exact) mass is 404 g/mol. The highest BCUT2D eigenvalue weighted by Crippen LogP contribution is 2.30. The summed E-state index contributed by atoms with van der Waals surface area (Å²) in [4.78, 5) is 11.9. The third-order valence-electron chi connectivity index (χ3n) is 6.07. The van der Waals surface area contributed by atoms with Gasteiger partial charge in [0.15, 0.2) is 0 Å². The van der Waals surface area contributed by atoms with Gasteiger partial charge in [0.1, 0.15) is 5.82 Å². The van der Waals surface area contributed by atoms with Crippen LogP contribution in [0.1, 0.15) is 53.9 Å². The molecular formula is C24H32N6. The summed E-state index contributed by atoms with van der Waals surface area (Å²) in [5.41, 5.74) is 7.04. The summed E-state index contributed by atoms with van der Waals surface area (Å²) >= 11 is 0. The molecule has 6 nitrogen and oxygen atoms in total. The van der Waals surface area contributed by atoms with E-state index < -0.39 is 0 Å². The van der Waals surface area contributed by atoms with Crippen LogP contribution in [0.3, 0.4) is 0 Å². The molecule has 1 fully saturated rings. The van der Waals surface area contributed by atoms with Gasteiger partial charge in [0, 0.05) is 60.1 Å². The van der Waals surface area contributed by atoms with Crippen LogP contribution in [0.4, 0.5) is 11.5 Å². The van der Waals surface area contributed by atoms with Crippen molar-refractivity contribution in [2.75, 3.05) is 18.4 Å². The maximum Gasteiger partial charge on any atom is 0.133 e. The van der Waals surface area contributed by atoms with Gasteiger partial charge in [-0.15, -0.1) is 0 Å². The molecule has 3 aromatic rings. The Balaban J connectivity index is 1.49. The molecule has 0 spiro atoms. The van der Waals surface area contributed by atoms with Crippen LogP contribution in [0.5, 0.6) is 0 Å². The number of pyridine rings is 2. The van der Waals surface area contributed by atoms with Gasteiger partial charge in [0.2, 0.25) is 0 Å². The van der Waals surface area contributed by atoms with Crippen LogP contribution in [-0.2, 0) is 13.1 Å². The Bertz CT molecular complexity index is 1010. The van der Waals surface area contributed by atoms with Crippen molar-refractivity contribution in [3.63, 3.8) is 0 Å². The quantitative estimate of drug-likeness (QED) is 0.643. The van der Waals surface area contributed by atoms with Crippen LogP contribution in [-0.4, -0.2) is 37.7 Å². The molecule has 4 rings (SSSR count). The number of nitrogens with zero attached hydrogens (tertiary/aromatic N) is 5. The van der Waals surface area contributed by atoms with Gasteiger partial charge >= 0.3 is 0 Å². The molecule has 1 aliphatic rings. The Hall–Kier alpha value is -2.73. The molecule has 0 aliphatic carbocycles. The first-order valence-corrected chi connectivity index (χ1v) is 10.9. The normalized spacial score (nSPS) is 17.3. The van der Waals surface area contributed by atoms with Crippen LogP contribution >= 0.6 is 0 Å². The van der Waals surface area contributed by atoms with Crippen molar-refractivity contribution in [2.24, 2.45) is 0 Å². The Kier molecular flexibility index (Phi) is 6.13. The molecule has 0 bridgehead atoms. The lowest BCUT2D eigenvalue weighted by Crippen LogP contribution is -2.34. The third kappa shape index (κ3) is 4.54. The van der Waals surface area contributed by atoms with Crippen LogP contribution in [0.2, 0.25) is 0 Å². The summed E-state index contributed by atoms with van der Waals surface area (Å²) in [6.07, 6.45) is 6.24. The molecule has 3 aromatic heterocycles. The van der Waals surface area contributed by atoms with E-state index in [2.05, 4.69) is 70.9 Å². The second-order valence-electron chi connectivity index (χ2n) is 8.36. The van der Waals surface area contributed by atoms with Crippen molar-refractivity contribution in [3.8, 4) is 0 Å². The number of aryl methyl sites for hydroxylation is 3. The Labute approximate surface area is 179 Å². The summed E-state index contributed by atoms with van der Waals surface area (Å²) in [5, 5.41) is 7.99. The molecule has 1 atom stereocenters. The standard InChI is InChI=1S/C24H32N6/c1-5-30-19(4)21(14-26-30)16-29-11-7-9-20(15-29)23-13-22(12-18(3)27-23)28-24-17(2)8-6-10-25-24/h6,8,10,12-14,20H,5,7,9,11,15-16H2,1-4H3,(H,25,27,28)/t20-/m1/s1. The highest BCUT2D eigenvalue weighted by atomic mass is 15.3. The SMILES string of the molecule is CCn1ncc(CN2CCC[C@@H](c3cc(Nc4ncccc4C)cc(C)n3)C2)c1C. The van der Waals surface area contributed by atoms with E-state index in [1.807, 2.05) is 18.5 Å². The summed E-state index contributed by atoms with van der Waals surface area (Å²) in [5.74, 6) is 1.35. The fourth-order valence-electron chi connectivity index (χ4n) is 4.37. The lowest BCUT2D eigenvalue weighted by Gasteiger charge is -2.32. The molecule has 4 heterocycles. The second-order valence-corrected chi connectivity index (χ2v) is 8.36. The fraction of sp³-hybridized carbons (Fsp3) is 0.458. The average Bonchev–Trinajstić information content (AvgIpc) is 3.09. The van der Waals surface area contributed by atoms with Crippen LogP contribution in [0.25, 0.3) is 0 Å². The number of rotatable bonds is 6. The van der Waals surface area contributed by atoms with E-state index in [1.54, 1.807) is 0 Å². The molecule has 158 valence electrons. The maximum absolute atomic E-state index is 4.89. The zero-order valence-electron chi connectivity index (χ0n) is 18.5. The van der Waals surface area contributed by atoms with E-state index in [1.165, 1.54) is 29.8 Å². The maximum atomic E-state index is 4.89. The number of likely N-dealkylation sites (tertiary alicyclic amines) is 1. The van der Waals surface area contributed by atoms with Crippen LogP contribution in [0.15, 0.2) is 36.7 Å². The predicted molar refractivity (Wildman–Crippen MR) is 121 cm³/mol. The van der Waals surface area contributed by atoms with Crippen molar-refractivity contribution >= 4 is 11.5 Å². The van der Waals surface area contributed by atoms with E-state index >= 15 is 0 Å². The molecule has 1 N–H and O–H groups in total. The van der Waals surface area contributed by atoms with E-state index in [0.29, 0.717) is 5.92 Å². The summed E-state index contributed by atoms with van der Waals surface area (Å²) in [6, 6.07) is 8.34. The number of hydrogen-bond donors (Lipinski definition) is 1. The molecule has 0 aromatic carbocycles. The number of hydrogen-bond acceptors (Lipinski definition) is 5. The minimum Gasteiger partial charge on any atom is -0.340 e. The van der Waals surface area contributed by atoms with Gasteiger partial charge in [-0.3, -0.25) is 14.6 Å². The molecule has 1 saturated heterocycles. The number of aromatic nitrogens is 4. The zero-order chi connectivity index (χ0) is 21.1.